The molecule has 2 rings (SSSR count). The van der Waals surface area contributed by atoms with Gasteiger partial charge < -0.3 is 0 Å². The van der Waals surface area contributed by atoms with E-state index in [1.54, 1.807) is 6.20 Å². The number of rotatable bonds is 1. The molecular weight excluding hydrogens is 162 g/mol. The van der Waals surface area contributed by atoms with E-state index in [9.17, 15) is 0 Å². The van der Waals surface area contributed by atoms with E-state index in [1.807, 2.05) is 12.3 Å². The van der Waals surface area contributed by atoms with E-state index in [2.05, 4.69) is 35.1 Å². The molecule has 0 spiro atoms. The Hall–Kier alpha value is -1.64. The van der Waals surface area contributed by atoms with E-state index in [0.717, 1.165) is 11.4 Å². The summed E-state index contributed by atoms with van der Waals surface area (Å²) in [5.41, 5.74) is 4.37. The molecule has 0 amide bonds. The Balaban J connectivity index is 2.49. The lowest BCUT2D eigenvalue weighted by molar-refractivity contribution is 1.08. The summed E-state index contributed by atoms with van der Waals surface area (Å²) in [6, 6.07) is 3.97. The molecule has 0 aliphatic carbocycles. The molecule has 0 bridgehead atoms. The zero-order valence-electron chi connectivity index (χ0n) is 7.70. The lowest BCUT2D eigenvalue weighted by Crippen LogP contribution is -1.88. The van der Waals surface area contributed by atoms with Crippen molar-refractivity contribution in [3.63, 3.8) is 0 Å². The van der Waals surface area contributed by atoms with Crippen LogP contribution in [0.5, 0.6) is 0 Å². The van der Waals surface area contributed by atoms with E-state index < -0.39 is 0 Å². The third kappa shape index (κ3) is 1.45. The smallest absolute Gasteiger partial charge is 0.0883 e. The van der Waals surface area contributed by atoms with E-state index in [1.165, 1.54) is 11.1 Å². The highest BCUT2D eigenvalue weighted by Gasteiger charge is 2.01. The van der Waals surface area contributed by atoms with Gasteiger partial charge in [0.25, 0.3) is 0 Å². The lowest BCUT2D eigenvalue weighted by Gasteiger charge is -2.01. The van der Waals surface area contributed by atoms with E-state index in [0.29, 0.717) is 0 Å². The molecule has 13 heavy (non-hydrogen) atoms. The summed E-state index contributed by atoms with van der Waals surface area (Å²) in [6.07, 6.45) is 3.61. The average Bonchev–Trinajstić information content (AvgIpc) is 2.62. The predicted octanol–water partition coefficient (Wildman–Crippen LogP) is 2.09. The molecule has 2 aromatic heterocycles. The Morgan fingerprint density at radius 1 is 1.23 bits per heavy atom. The first-order valence-electron chi connectivity index (χ1n) is 4.20. The molecule has 0 fully saturated rings. The molecule has 0 unspecified atom stereocenters. The molecule has 3 heteroatoms. The summed E-state index contributed by atoms with van der Waals surface area (Å²) in [5.74, 6) is 0. The fourth-order valence-electron chi connectivity index (χ4n) is 1.17. The van der Waals surface area contributed by atoms with Crippen molar-refractivity contribution in [2.45, 2.75) is 13.8 Å². The maximum absolute atomic E-state index is 4.31. The number of nitrogens with zero attached hydrogens (tertiary/aromatic N) is 2. The summed E-state index contributed by atoms with van der Waals surface area (Å²) in [7, 11) is 0. The molecule has 0 aliphatic heterocycles. The van der Waals surface area contributed by atoms with E-state index in [-0.39, 0.29) is 0 Å². The number of nitrogens with one attached hydrogen (secondary N) is 1. The number of aromatic nitrogens is 3. The lowest BCUT2D eigenvalue weighted by atomic mass is 10.1. The number of aryl methyl sites for hydroxylation is 2. The number of pyridine rings is 1. The second-order valence-corrected chi connectivity index (χ2v) is 3.12. The fourth-order valence-corrected chi connectivity index (χ4v) is 1.17. The minimum atomic E-state index is 0.945. The number of hydrogen-bond donors (Lipinski definition) is 1. The van der Waals surface area contributed by atoms with Gasteiger partial charge in [-0.2, -0.15) is 5.10 Å². The maximum atomic E-state index is 4.31. The Labute approximate surface area is 76.8 Å². The van der Waals surface area contributed by atoms with Gasteiger partial charge in [-0.05, 0) is 37.1 Å². The first kappa shape index (κ1) is 7.98. The van der Waals surface area contributed by atoms with Crippen LogP contribution in [0.15, 0.2) is 24.5 Å². The van der Waals surface area contributed by atoms with Crippen LogP contribution in [0.25, 0.3) is 11.4 Å². The van der Waals surface area contributed by atoms with E-state index >= 15 is 0 Å². The minimum Gasteiger partial charge on any atom is -0.276 e. The Bertz CT molecular complexity index is 404. The predicted molar refractivity (Wildman–Crippen MR) is 51.3 cm³/mol. The van der Waals surface area contributed by atoms with Gasteiger partial charge in [0.15, 0.2) is 0 Å². The molecule has 0 saturated carbocycles. The van der Waals surface area contributed by atoms with Gasteiger partial charge in [0.2, 0.25) is 0 Å². The van der Waals surface area contributed by atoms with Crippen molar-refractivity contribution in [3.8, 4) is 11.4 Å². The van der Waals surface area contributed by atoms with Crippen LogP contribution in [-0.4, -0.2) is 15.2 Å². The van der Waals surface area contributed by atoms with Gasteiger partial charge in [-0.25, -0.2) is 0 Å². The van der Waals surface area contributed by atoms with Gasteiger partial charge in [-0.3, -0.25) is 10.1 Å². The first-order valence-corrected chi connectivity index (χ1v) is 4.20. The molecule has 0 aliphatic rings. The first-order chi connectivity index (χ1) is 6.27. The van der Waals surface area contributed by atoms with Crippen molar-refractivity contribution < 1.29 is 0 Å². The summed E-state index contributed by atoms with van der Waals surface area (Å²) in [4.78, 5) is 4.31. The Morgan fingerprint density at radius 2 is 2.08 bits per heavy atom. The number of hydrogen-bond acceptors (Lipinski definition) is 2. The van der Waals surface area contributed by atoms with Gasteiger partial charge in [0, 0.05) is 12.4 Å². The molecule has 1 N–H and O–H groups in total. The molecule has 66 valence electrons. The third-order valence-electron chi connectivity index (χ3n) is 2.15. The van der Waals surface area contributed by atoms with Crippen LogP contribution in [0.3, 0.4) is 0 Å². The van der Waals surface area contributed by atoms with Crippen LogP contribution in [0, 0.1) is 13.8 Å². The molecule has 2 aromatic rings. The highest BCUT2D eigenvalue weighted by molar-refractivity contribution is 5.54. The Kier molecular flexibility index (Phi) is 1.85. The van der Waals surface area contributed by atoms with Crippen molar-refractivity contribution >= 4 is 0 Å². The van der Waals surface area contributed by atoms with Gasteiger partial charge in [0.1, 0.15) is 0 Å². The largest absolute Gasteiger partial charge is 0.276 e. The Morgan fingerprint density at radius 3 is 2.69 bits per heavy atom. The van der Waals surface area contributed by atoms with Crippen molar-refractivity contribution in [1.29, 1.82) is 0 Å². The topological polar surface area (TPSA) is 41.6 Å². The SMILES string of the molecule is Cc1cnc(-c2ccn[nH]2)cc1C. The molecule has 3 nitrogen and oxygen atoms in total. The highest BCUT2D eigenvalue weighted by atomic mass is 15.1. The van der Waals surface area contributed by atoms with Crippen molar-refractivity contribution in [2.75, 3.05) is 0 Å². The van der Waals surface area contributed by atoms with Crippen LogP contribution in [-0.2, 0) is 0 Å². The number of H-pyrrole nitrogens is 1. The van der Waals surface area contributed by atoms with Gasteiger partial charge in [-0.1, -0.05) is 0 Å². The standard InChI is InChI=1S/C10H11N3/c1-7-5-10(11-6-8(7)2)9-3-4-12-13-9/h3-6H,1-2H3,(H,12,13). The highest BCUT2D eigenvalue weighted by Crippen LogP contribution is 2.15. The molecule has 0 radical (unpaired) electrons. The maximum Gasteiger partial charge on any atom is 0.0883 e. The van der Waals surface area contributed by atoms with Crippen molar-refractivity contribution in [3.05, 3.63) is 35.7 Å². The average molecular weight is 173 g/mol. The summed E-state index contributed by atoms with van der Waals surface area (Å²) >= 11 is 0. The zero-order valence-corrected chi connectivity index (χ0v) is 7.70. The summed E-state index contributed by atoms with van der Waals surface area (Å²) in [6.45, 7) is 4.13. The van der Waals surface area contributed by atoms with Gasteiger partial charge in [-0.15, -0.1) is 0 Å². The van der Waals surface area contributed by atoms with Crippen LogP contribution in [0.1, 0.15) is 11.1 Å². The van der Waals surface area contributed by atoms with Crippen LogP contribution in [0.4, 0.5) is 0 Å². The molecule has 2 heterocycles. The molecule has 0 saturated heterocycles. The molecule has 0 atom stereocenters. The van der Waals surface area contributed by atoms with Crippen molar-refractivity contribution in [2.24, 2.45) is 0 Å². The van der Waals surface area contributed by atoms with Crippen LogP contribution in [0.2, 0.25) is 0 Å². The zero-order chi connectivity index (χ0) is 9.26. The second kappa shape index (κ2) is 3.01. The van der Waals surface area contributed by atoms with E-state index in [4.69, 9.17) is 0 Å². The van der Waals surface area contributed by atoms with Crippen molar-refractivity contribution in [1.82, 2.24) is 15.2 Å². The van der Waals surface area contributed by atoms with Crippen LogP contribution >= 0.6 is 0 Å². The minimum absolute atomic E-state index is 0.945. The van der Waals surface area contributed by atoms with Gasteiger partial charge >= 0.3 is 0 Å². The van der Waals surface area contributed by atoms with Gasteiger partial charge in [0.05, 0.1) is 11.4 Å². The normalized spacial score (nSPS) is 10.3. The third-order valence-corrected chi connectivity index (χ3v) is 2.15. The summed E-state index contributed by atoms with van der Waals surface area (Å²) in [5, 5.41) is 6.77. The quantitative estimate of drug-likeness (QED) is 0.717. The second-order valence-electron chi connectivity index (χ2n) is 3.12. The number of aromatic amines is 1. The summed E-state index contributed by atoms with van der Waals surface area (Å²) < 4.78 is 0. The van der Waals surface area contributed by atoms with Crippen LogP contribution < -0.4 is 0 Å². The fraction of sp³-hybridized carbons (Fsp3) is 0.200. The molecular formula is C10H11N3. The molecule has 0 aromatic carbocycles. The monoisotopic (exact) mass is 173 g/mol.